The predicted octanol–water partition coefficient (Wildman–Crippen LogP) is 4.01. The molecule has 0 spiro atoms. The number of hydrogen-bond acceptors (Lipinski definition) is 5. The first-order valence-corrected chi connectivity index (χ1v) is 8.62. The number of thiophene rings is 1. The number of amides is 1. The molecular formula is C16H13Cl2NO5S. The summed E-state index contributed by atoms with van der Waals surface area (Å²) in [5.41, 5.74) is 0.877. The molecule has 0 aliphatic heterocycles. The average Bonchev–Trinajstić information content (AvgIpc) is 2.91. The van der Waals surface area contributed by atoms with Crippen LogP contribution in [0.5, 0.6) is 0 Å². The number of carbonyl (C=O) groups is 3. The van der Waals surface area contributed by atoms with Crippen LogP contribution in [-0.2, 0) is 16.1 Å². The van der Waals surface area contributed by atoms with Crippen molar-refractivity contribution in [2.45, 2.75) is 19.1 Å². The van der Waals surface area contributed by atoms with Crippen LogP contribution in [0.4, 0.5) is 4.79 Å². The van der Waals surface area contributed by atoms with Gasteiger partial charge in [0.2, 0.25) is 0 Å². The molecule has 2 aromatic rings. The molecule has 1 atom stereocenters. The fraction of sp³-hybridized carbons (Fsp3) is 0.188. The first-order chi connectivity index (χ1) is 11.9. The first-order valence-electron chi connectivity index (χ1n) is 7.05. The standard InChI is InChI=1S/C16H13Cl2NO5S/c17-13-6-10(14(18)25-13)12(20)7-11(15(21)22)19-16(23)24-8-9-4-2-1-3-5-9/h1-6,11H,7-8H2,(H,19,23)(H,21,22). The second-order valence-electron chi connectivity index (χ2n) is 4.96. The second kappa shape index (κ2) is 8.84. The molecule has 1 aromatic carbocycles. The third-order valence-electron chi connectivity index (χ3n) is 3.15. The van der Waals surface area contributed by atoms with Crippen LogP contribution in [0.1, 0.15) is 22.3 Å². The van der Waals surface area contributed by atoms with Crippen LogP contribution < -0.4 is 5.32 Å². The lowest BCUT2D eigenvalue weighted by Crippen LogP contribution is -2.42. The van der Waals surface area contributed by atoms with E-state index in [2.05, 4.69) is 5.32 Å². The van der Waals surface area contributed by atoms with Gasteiger partial charge in [-0.05, 0) is 11.6 Å². The normalized spacial score (nSPS) is 11.6. The van der Waals surface area contributed by atoms with Crippen molar-refractivity contribution >= 4 is 52.4 Å². The van der Waals surface area contributed by atoms with E-state index in [9.17, 15) is 19.5 Å². The predicted molar refractivity (Wildman–Crippen MR) is 94.5 cm³/mol. The van der Waals surface area contributed by atoms with E-state index in [-0.39, 0.29) is 16.5 Å². The number of nitrogens with one attached hydrogen (secondary N) is 1. The van der Waals surface area contributed by atoms with Gasteiger partial charge in [0, 0.05) is 12.0 Å². The minimum atomic E-state index is -1.44. The molecule has 0 aliphatic carbocycles. The Labute approximate surface area is 157 Å². The zero-order valence-electron chi connectivity index (χ0n) is 12.7. The van der Waals surface area contributed by atoms with Crippen molar-refractivity contribution < 1.29 is 24.2 Å². The highest BCUT2D eigenvalue weighted by Gasteiger charge is 2.26. The van der Waals surface area contributed by atoms with Crippen LogP contribution in [0.2, 0.25) is 8.67 Å². The lowest BCUT2D eigenvalue weighted by molar-refractivity contribution is -0.139. The summed E-state index contributed by atoms with van der Waals surface area (Å²) in [6, 6.07) is 8.82. The number of carboxylic acids is 1. The highest BCUT2D eigenvalue weighted by atomic mass is 35.5. The van der Waals surface area contributed by atoms with Gasteiger partial charge in [0.05, 0.1) is 4.34 Å². The van der Waals surface area contributed by atoms with E-state index in [1.54, 1.807) is 24.3 Å². The Bertz CT molecular complexity index is 778. The van der Waals surface area contributed by atoms with Crippen molar-refractivity contribution in [1.82, 2.24) is 5.32 Å². The largest absolute Gasteiger partial charge is 0.480 e. The van der Waals surface area contributed by atoms with Crippen molar-refractivity contribution in [2.24, 2.45) is 0 Å². The Kier molecular flexibility index (Phi) is 6.81. The molecule has 2 N–H and O–H groups in total. The molecule has 1 amide bonds. The third kappa shape index (κ3) is 5.74. The summed E-state index contributed by atoms with van der Waals surface area (Å²) in [7, 11) is 0. The van der Waals surface area contributed by atoms with Crippen molar-refractivity contribution in [3.05, 3.63) is 56.2 Å². The van der Waals surface area contributed by atoms with E-state index in [1.165, 1.54) is 6.07 Å². The fourth-order valence-electron chi connectivity index (χ4n) is 1.93. The molecule has 25 heavy (non-hydrogen) atoms. The smallest absolute Gasteiger partial charge is 0.408 e. The van der Waals surface area contributed by atoms with Crippen LogP contribution >= 0.6 is 34.5 Å². The molecule has 1 aromatic heterocycles. The number of hydrogen-bond donors (Lipinski definition) is 2. The number of rotatable bonds is 7. The van der Waals surface area contributed by atoms with E-state index >= 15 is 0 Å². The first kappa shape index (κ1) is 19.2. The molecule has 132 valence electrons. The van der Waals surface area contributed by atoms with Crippen LogP contribution in [0.25, 0.3) is 0 Å². The Morgan fingerprint density at radius 2 is 1.88 bits per heavy atom. The summed E-state index contributed by atoms with van der Waals surface area (Å²) in [5.74, 6) is -1.90. The molecule has 0 radical (unpaired) electrons. The maximum Gasteiger partial charge on any atom is 0.408 e. The van der Waals surface area contributed by atoms with Crippen LogP contribution in [0.3, 0.4) is 0 Å². The van der Waals surface area contributed by atoms with Crippen molar-refractivity contribution in [1.29, 1.82) is 0 Å². The van der Waals surface area contributed by atoms with Gasteiger partial charge in [0.1, 0.15) is 17.0 Å². The molecular weight excluding hydrogens is 389 g/mol. The summed E-state index contributed by atoms with van der Waals surface area (Å²) in [5, 5.41) is 11.4. The fourth-order valence-corrected chi connectivity index (χ4v) is 3.43. The van der Waals surface area contributed by atoms with Gasteiger partial charge < -0.3 is 15.2 Å². The van der Waals surface area contributed by atoms with Gasteiger partial charge >= 0.3 is 12.1 Å². The van der Waals surface area contributed by atoms with Gasteiger partial charge in [-0.25, -0.2) is 9.59 Å². The minimum Gasteiger partial charge on any atom is -0.480 e. The van der Waals surface area contributed by atoms with Crippen molar-refractivity contribution in [2.75, 3.05) is 0 Å². The van der Waals surface area contributed by atoms with Gasteiger partial charge in [-0.1, -0.05) is 53.5 Å². The zero-order chi connectivity index (χ0) is 18.4. The number of benzene rings is 1. The molecule has 6 nitrogen and oxygen atoms in total. The average molecular weight is 402 g/mol. The van der Waals surface area contributed by atoms with E-state index in [0.717, 1.165) is 16.9 Å². The van der Waals surface area contributed by atoms with Gasteiger partial charge in [-0.2, -0.15) is 0 Å². The second-order valence-corrected chi connectivity index (χ2v) is 7.25. The van der Waals surface area contributed by atoms with Gasteiger partial charge in [0.25, 0.3) is 0 Å². The molecule has 1 unspecified atom stereocenters. The SMILES string of the molecule is O=C(NC(CC(=O)c1cc(Cl)sc1Cl)C(=O)O)OCc1ccccc1. The molecule has 0 bridgehead atoms. The number of carboxylic acid groups (broad SMARTS) is 1. The summed E-state index contributed by atoms with van der Waals surface area (Å²) in [4.78, 5) is 35.2. The lowest BCUT2D eigenvalue weighted by Gasteiger charge is -2.14. The van der Waals surface area contributed by atoms with E-state index < -0.39 is 30.3 Å². The highest BCUT2D eigenvalue weighted by Crippen LogP contribution is 2.32. The number of aliphatic carboxylic acids is 1. The van der Waals surface area contributed by atoms with E-state index in [1.807, 2.05) is 6.07 Å². The van der Waals surface area contributed by atoms with E-state index in [4.69, 9.17) is 27.9 Å². The number of alkyl carbamates (subject to hydrolysis) is 1. The van der Waals surface area contributed by atoms with Gasteiger partial charge in [-0.3, -0.25) is 4.79 Å². The number of halogens is 2. The number of carbonyl (C=O) groups excluding carboxylic acids is 2. The number of Topliss-reactive ketones (excluding diaryl/α,β-unsaturated/α-hetero) is 1. The summed E-state index contributed by atoms with van der Waals surface area (Å²) >= 11 is 12.7. The number of ketones is 1. The quantitative estimate of drug-likeness (QED) is 0.683. The Hall–Kier alpha value is -2.09. The van der Waals surface area contributed by atoms with Gasteiger partial charge in [0.15, 0.2) is 5.78 Å². The maximum absolute atomic E-state index is 12.2. The molecule has 1 heterocycles. The lowest BCUT2D eigenvalue weighted by atomic mass is 10.1. The summed E-state index contributed by atoms with van der Waals surface area (Å²) in [6.07, 6.45) is -1.40. The van der Waals surface area contributed by atoms with Crippen LogP contribution in [0.15, 0.2) is 36.4 Å². The minimum absolute atomic E-state index is 0.0150. The third-order valence-corrected chi connectivity index (χ3v) is 4.64. The molecule has 0 saturated carbocycles. The maximum atomic E-state index is 12.2. The van der Waals surface area contributed by atoms with Crippen molar-refractivity contribution in [3.63, 3.8) is 0 Å². The topological polar surface area (TPSA) is 92.7 Å². The summed E-state index contributed by atoms with van der Waals surface area (Å²) < 4.78 is 5.44. The monoisotopic (exact) mass is 401 g/mol. The Balaban J connectivity index is 1.93. The van der Waals surface area contributed by atoms with Crippen LogP contribution in [0, 0.1) is 0 Å². The Morgan fingerprint density at radius 1 is 1.20 bits per heavy atom. The zero-order valence-corrected chi connectivity index (χ0v) is 15.0. The summed E-state index contributed by atoms with van der Waals surface area (Å²) in [6.45, 7) is -0.0150. The van der Waals surface area contributed by atoms with E-state index in [0.29, 0.717) is 4.34 Å². The van der Waals surface area contributed by atoms with Crippen LogP contribution in [-0.4, -0.2) is 29.0 Å². The molecule has 0 fully saturated rings. The molecule has 0 aliphatic rings. The Morgan fingerprint density at radius 3 is 2.44 bits per heavy atom. The molecule has 9 heteroatoms. The molecule has 2 rings (SSSR count). The number of ether oxygens (including phenoxy) is 1. The highest BCUT2D eigenvalue weighted by molar-refractivity contribution is 7.20. The molecule has 0 saturated heterocycles. The van der Waals surface area contributed by atoms with Gasteiger partial charge in [-0.15, -0.1) is 11.3 Å². The van der Waals surface area contributed by atoms with Crippen molar-refractivity contribution in [3.8, 4) is 0 Å².